The van der Waals surface area contributed by atoms with Crippen LogP contribution >= 0.6 is 11.3 Å². The first-order valence-electron chi connectivity index (χ1n) is 6.84. The second kappa shape index (κ2) is 6.22. The molecule has 0 saturated carbocycles. The lowest BCUT2D eigenvalue weighted by Gasteiger charge is -2.22. The van der Waals surface area contributed by atoms with Gasteiger partial charge in [0.05, 0.1) is 0 Å². The first-order chi connectivity index (χ1) is 10.3. The molecule has 0 radical (unpaired) electrons. The molecule has 0 bridgehead atoms. The van der Waals surface area contributed by atoms with E-state index in [1.807, 2.05) is 77.8 Å². The molecule has 0 saturated heterocycles. The van der Waals surface area contributed by atoms with E-state index in [1.165, 1.54) is 0 Å². The molecule has 0 unspecified atom stereocenters. The van der Waals surface area contributed by atoms with Crippen LogP contribution in [0.1, 0.15) is 5.56 Å². The highest BCUT2D eigenvalue weighted by molar-refractivity contribution is 7.08. The molecule has 0 aliphatic carbocycles. The maximum atomic E-state index is 11.4. The number of hydrogen-bond acceptors (Lipinski definition) is 2. The molecular formula is C18H16OSSi. The summed E-state index contributed by atoms with van der Waals surface area (Å²) in [6, 6.07) is 22.0. The van der Waals surface area contributed by atoms with Crippen LogP contribution in [0.5, 0.6) is 0 Å². The Bertz CT molecular complexity index is 666. The lowest BCUT2D eigenvalue weighted by molar-refractivity contribution is 0.582. The van der Waals surface area contributed by atoms with Crippen LogP contribution in [0, 0.1) is 0 Å². The summed E-state index contributed by atoms with van der Waals surface area (Å²) >= 11 is 1.66. The number of thiophene rings is 1. The molecule has 1 nitrogen and oxygen atoms in total. The molecule has 2 aromatic carbocycles. The molecule has 3 rings (SSSR count). The molecule has 0 fully saturated rings. The third-order valence-electron chi connectivity index (χ3n) is 3.49. The van der Waals surface area contributed by atoms with Crippen molar-refractivity contribution in [3.8, 4) is 0 Å². The highest BCUT2D eigenvalue weighted by Crippen LogP contribution is 2.11. The molecule has 1 N–H and O–H groups in total. The summed E-state index contributed by atoms with van der Waals surface area (Å²) in [6.45, 7) is 0. The molecule has 104 valence electrons. The lowest BCUT2D eigenvalue weighted by atomic mass is 10.3. The fourth-order valence-corrected chi connectivity index (χ4v) is 5.51. The van der Waals surface area contributed by atoms with E-state index in [9.17, 15) is 4.80 Å². The van der Waals surface area contributed by atoms with Gasteiger partial charge in [0.1, 0.15) is 0 Å². The average molecular weight is 308 g/mol. The molecule has 3 heteroatoms. The highest BCUT2D eigenvalue weighted by atomic mass is 32.1. The fourth-order valence-electron chi connectivity index (χ4n) is 2.33. The second-order valence-corrected chi connectivity index (χ2v) is 8.69. The monoisotopic (exact) mass is 308 g/mol. The number of rotatable bonds is 4. The van der Waals surface area contributed by atoms with Crippen LogP contribution in [0.25, 0.3) is 6.08 Å². The molecule has 0 aliphatic heterocycles. The first-order valence-corrected chi connectivity index (χ1v) is 9.81. The zero-order valence-electron chi connectivity index (χ0n) is 11.5. The van der Waals surface area contributed by atoms with Crippen molar-refractivity contribution in [3.63, 3.8) is 0 Å². The van der Waals surface area contributed by atoms with Crippen LogP contribution < -0.4 is 10.4 Å². The van der Waals surface area contributed by atoms with Crippen molar-refractivity contribution >= 4 is 36.1 Å². The quantitative estimate of drug-likeness (QED) is 0.735. The van der Waals surface area contributed by atoms with E-state index in [2.05, 4.69) is 11.4 Å². The van der Waals surface area contributed by atoms with Crippen LogP contribution in [0.15, 0.2) is 83.2 Å². The predicted octanol–water partition coefficient (Wildman–Crippen LogP) is 3.05. The van der Waals surface area contributed by atoms with Crippen LogP contribution in [0.2, 0.25) is 0 Å². The van der Waals surface area contributed by atoms with Gasteiger partial charge in [0.25, 0.3) is 8.32 Å². The van der Waals surface area contributed by atoms with E-state index in [-0.39, 0.29) is 0 Å². The van der Waals surface area contributed by atoms with Gasteiger partial charge in [-0.1, -0.05) is 72.4 Å². The Labute approximate surface area is 130 Å². The summed E-state index contributed by atoms with van der Waals surface area (Å²) in [7, 11) is -2.83. The molecule has 0 atom stereocenters. The van der Waals surface area contributed by atoms with Crippen LogP contribution in [0.3, 0.4) is 0 Å². The molecule has 1 heterocycles. The standard InChI is InChI=1S/C18H16OSSi/c19-21(17-7-3-1-4-8-17,18-9-5-2-6-10-18)14-12-16-11-13-20-15-16/h1-15,19H/b14-12+. The van der Waals surface area contributed by atoms with E-state index in [0.29, 0.717) is 0 Å². The topological polar surface area (TPSA) is 20.2 Å². The van der Waals surface area contributed by atoms with Gasteiger partial charge in [0, 0.05) is 0 Å². The SMILES string of the molecule is O[Si](/C=C/c1ccsc1)(c1ccccc1)c1ccccc1. The minimum absolute atomic E-state index is 1.00. The first kappa shape index (κ1) is 14.0. The van der Waals surface area contributed by atoms with Crippen LogP contribution in [0.4, 0.5) is 0 Å². The smallest absolute Gasteiger partial charge is 0.278 e. The molecule has 0 spiro atoms. The van der Waals surface area contributed by atoms with Gasteiger partial charge in [0.15, 0.2) is 0 Å². The lowest BCUT2D eigenvalue weighted by Crippen LogP contribution is -2.57. The van der Waals surface area contributed by atoms with Crippen molar-refractivity contribution in [1.29, 1.82) is 0 Å². The third-order valence-corrected chi connectivity index (χ3v) is 7.27. The molecule has 3 aromatic rings. The van der Waals surface area contributed by atoms with Gasteiger partial charge in [-0.2, -0.15) is 11.3 Å². The van der Waals surface area contributed by atoms with E-state index >= 15 is 0 Å². The zero-order chi connectivity index (χ0) is 14.5. The van der Waals surface area contributed by atoms with Gasteiger partial charge < -0.3 is 4.80 Å². The maximum absolute atomic E-state index is 11.4. The highest BCUT2D eigenvalue weighted by Gasteiger charge is 2.32. The number of hydrogen-bond donors (Lipinski definition) is 1. The zero-order valence-corrected chi connectivity index (χ0v) is 13.3. The number of benzene rings is 2. The largest absolute Gasteiger partial charge is 0.421 e. The van der Waals surface area contributed by atoms with Gasteiger partial charge in [-0.15, -0.1) is 0 Å². The van der Waals surface area contributed by atoms with Gasteiger partial charge in [-0.3, -0.25) is 0 Å². The van der Waals surface area contributed by atoms with Crippen molar-refractivity contribution in [1.82, 2.24) is 0 Å². The summed E-state index contributed by atoms with van der Waals surface area (Å²) in [5, 5.41) is 6.14. The van der Waals surface area contributed by atoms with Crippen molar-refractivity contribution in [2.24, 2.45) is 0 Å². The molecule has 1 aromatic heterocycles. The summed E-state index contributed by atoms with van der Waals surface area (Å²) in [4.78, 5) is 11.4. The van der Waals surface area contributed by atoms with Gasteiger partial charge in [0.2, 0.25) is 0 Å². The minimum Gasteiger partial charge on any atom is -0.421 e. The van der Waals surface area contributed by atoms with Gasteiger partial charge in [-0.05, 0) is 32.8 Å². The Morgan fingerprint density at radius 2 is 1.38 bits per heavy atom. The van der Waals surface area contributed by atoms with E-state index in [4.69, 9.17) is 0 Å². The Morgan fingerprint density at radius 3 is 1.86 bits per heavy atom. The molecule has 0 aliphatic rings. The Balaban J connectivity index is 2.07. The molecular weight excluding hydrogens is 292 g/mol. The van der Waals surface area contributed by atoms with E-state index in [1.54, 1.807) is 11.3 Å². The average Bonchev–Trinajstić information content (AvgIpc) is 3.08. The second-order valence-electron chi connectivity index (χ2n) is 4.89. The van der Waals surface area contributed by atoms with E-state index < -0.39 is 8.32 Å². The van der Waals surface area contributed by atoms with Crippen molar-refractivity contribution in [2.75, 3.05) is 0 Å². The predicted molar refractivity (Wildman–Crippen MR) is 93.5 cm³/mol. The van der Waals surface area contributed by atoms with E-state index in [0.717, 1.165) is 15.9 Å². The summed E-state index contributed by atoms with van der Waals surface area (Å²) in [5.41, 5.74) is 3.14. The summed E-state index contributed by atoms with van der Waals surface area (Å²) in [5.74, 6) is 0. The third kappa shape index (κ3) is 3.05. The van der Waals surface area contributed by atoms with Crippen LogP contribution in [-0.2, 0) is 0 Å². The van der Waals surface area contributed by atoms with Crippen molar-refractivity contribution in [2.45, 2.75) is 0 Å². The normalized spacial score (nSPS) is 11.9. The Morgan fingerprint density at radius 1 is 0.810 bits per heavy atom. The van der Waals surface area contributed by atoms with Crippen molar-refractivity contribution < 1.29 is 4.80 Å². The minimum atomic E-state index is -2.83. The maximum Gasteiger partial charge on any atom is 0.278 e. The summed E-state index contributed by atoms with van der Waals surface area (Å²) in [6.07, 6.45) is 2.03. The molecule has 0 amide bonds. The van der Waals surface area contributed by atoms with Crippen molar-refractivity contribution in [3.05, 3.63) is 88.8 Å². The van der Waals surface area contributed by atoms with Gasteiger partial charge in [-0.25, -0.2) is 0 Å². The van der Waals surface area contributed by atoms with Gasteiger partial charge >= 0.3 is 0 Å². The Hall–Kier alpha value is -1.94. The molecule has 21 heavy (non-hydrogen) atoms. The summed E-state index contributed by atoms with van der Waals surface area (Å²) < 4.78 is 0. The fraction of sp³-hybridized carbons (Fsp3) is 0. The Kier molecular flexibility index (Phi) is 4.15. The van der Waals surface area contributed by atoms with Crippen LogP contribution in [-0.4, -0.2) is 13.1 Å².